The molecule has 4 heteroatoms. The number of aromatic amines is 1. The first-order chi connectivity index (χ1) is 8.84. The molecule has 0 aliphatic carbocycles. The van der Waals surface area contributed by atoms with Crippen LogP contribution in [0.3, 0.4) is 0 Å². The Bertz CT molecular complexity index is 515. The summed E-state index contributed by atoms with van der Waals surface area (Å²) in [5.74, 6) is 0.964. The number of imidazole rings is 1. The fraction of sp³-hybridized carbons (Fsp3) is 0.357. The zero-order valence-electron chi connectivity index (χ0n) is 10.4. The van der Waals surface area contributed by atoms with Crippen molar-refractivity contribution < 1.29 is 4.74 Å². The van der Waals surface area contributed by atoms with Gasteiger partial charge in [0, 0.05) is 17.8 Å². The molecule has 2 N–H and O–H groups in total. The molecule has 1 aromatic heterocycles. The Morgan fingerprint density at radius 2 is 2.11 bits per heavy atom. The minimum absolute atomic E-state index is 0.176. The van der Waals surface area contributed by atoms with Gasteiger partial charge in [0.25, 0.3) is 0 Å². The molecular weight excluding hydrogens is 226 g/mol. The lowest BCUT2D eigenvalue weighted by molar-refractivity contribution is 0.0745. The van der Waals surface area contributed by atoms with E-state index in [1.54, 1.807) is 0 Å². The summed E-state index contributed by atoms with van der Waals surface area (Å²) in [6, 6.07) is 10.4. The molecule has 2 heterocycles. The van der Waals surface area contributed by atoms with Crippen LogP contribution in [0.2, 0.25) is 0 Å². The van der Waals surface area contributed by atoms with Crippen LogP contribution in [0.5, 0.6) is 0 Å². The first kappa shape index (κ1) is 11.4. The van der Waals surface area contributed by atoms with Gasteiger partial charge in [0.2, 0.25) is 0 Å². The Balaban J connectivity index is 1.91. The second-order valence-corrected chi connectivity index (χ2v) is 4.54. The van der Waals surface area contributed by atoms with E-state index in [2.05, 4.69) is 29.4 Å². The second kappa shape index (κ2) is 4.92. The molecule has 0 bridgehead atoms. The van der Waals surface area contributed by atoms with Crippen LogP contribution in [0.4, 0.5) is 0 Å². The number of hydrogen-bond acceptors (Lipinski definition) is 3. The topological polar surface area (TPSA) is 49.9 Å². The number of nitrogens with one attached hydrogen (secondary N) is 2. The molecule has 18 heavy (non-hydrogen) atoms. The van der Waals surface area contributed by atoms with Gasteiger partial charge in [-0.25, -0.2) is 4.98 Å². The zero-order valence-corrected chi connectivity index (χ0v) is 10.4. The Morgan fingerprint density at radius 1 is 1.28 bits per heavy atom. The third-order valence-corrected chi connectivity index (χ3v) is 3.20. The molecule has 1 aliphatic rings. The highest BCUT2D eigenvalue weighted by molar-refractivity contribution is 5.61. The highest BCUT2D eigenvalue weighted by Crippen LogP contribution is 2.23. The predicted octanol–water partition coefficient (Wildman–Crippen LogP) is 2.05. The maximum absolute atomic E-state index is 5.47. The van der Waals surface area contributed by atoms with Crippen molar-refractivity contribution in [2.24, 2.45) is 0 Å². The van der Waals surface area contributed by atoms with Crippen molar-refractivity contribution >= 4 is 0 Å². The lowest BCUT2D eigenvalue weighted by Gasteiger charge is -2.21. The number of aromatic nitrogens is 2. The van der Waals surface area contributed by atoms with E-state index < -0.39 is 0 Å². The number of morpholine rings is 1. The maximum atomic E-state index is 5.47. The summed E-state index contributed by atoms with van der Waals surface area (Å²) >= 11 is 0. The van der Waals surface area contributed by atoms with Crippen LogP contribution in [-0.4, -0.2) is 29.7 Å². The summed E-state index contributed by atoms with van der Waals surface area (Å²) in [5.41, 5.74) is 3.27. The molecule has 1 saturated heterocycles. The van der Waals surface area contributed by atoms with Crippen molar-refractivity contribution in [1.82, 2.24) is 15.3 Å². The van der Waals surface area contributed by atoms with E-state index in [-0.39, 0.29) is 6.04 Å². The van der Waals surface area contributed by atoms with Gasteiger partial charge < -0.3 is 15.0 Å². The second-order valence-electron chi connectivity index (χ2n) is 4.54. The number of aryl methyl sites for hydroxylation is 1. The summed E-state index contributed by atoms with van der Waals surface area (Å²) in [6.07, 6.45) is 0. The summed E-state index contributed by atoms with van der Waals surface area (Å²) in [4.78, 5) is 8.06. The molecule has 2 aromatic rings. The molecule has 1 aliphatic heterocycles. The van der Waals surface area contributed by atoms with Crippen molar-refractivity contribution in [3.05, 3.63) is 41.9 Å². The first-order valence-electron chi connectivity index (χ1n) is 6.27. The van der Waals surface area contributed by atoms with E-state index in [4.69, 9.17) is 9.72 Å². The van der Waals surface area contributed by atoms with Crippen molar-refractivity contribution in [2.75, 3.05) is 19.8 Å². The normalized spacial score (nSPS) is 19.9. The number of H-pyrrole nitrogens is 1. The molecule has 94 valence electrons. The van der Waals surface area contributed by atoms with Gasteiger partial charge in [-0.3, -0.25) is 0 Å². The van der Waals surface area contributed by atoms with Gasteiger partial charge >= 0.3 is 0 Å². The van der Waals surface area contributed by atoms with Gasteiger partial charge in [-0.15, -0.1) is 0 Å². The molecule has 0 radical (unpaired) electrons. The molecule has 0 amide bonds. The number of ether oxygens (including phenoxy) is 1. The summed E-state index contributed by atoms with van der Waals surface area (Å²) in [7, 11) is 0. The molecular formula is C14H17N3O. The number of hydrogen-bond donors (Lipinski definition) is 2. The third kappa shape index (κ3) is 2.17. The molecule has 0 spiro atoms. The molecule has 4 nitrogen and oxygen atoms in total. The van der Waals surface area contributed by atoms with E-state index in [1.165, 1.54) is 0 Å². The summed E-state index contributed by atoms with van der Waals surface area (Å²) in [6.45, 7) is 4.40. The SMILES string of the molecule is Cc1[nH]c(C2COCCN2)nc1-c1ccccc1. The van der Waals surface area contributed by atoms with E-state index in [9.17, 15) is 0 Å². The molecule has 1 fully saturated rings. The first-order valence-corrected chi connectivity index (χ1v) is 6.27. The largest absolute Gasteiger partial charge is 0.378 e. The van der Waals surface area contributed by atoms with Crippen LogP contribution >= 0.6 is 0 Å². The molecule has 1 unspecified atom stereocenters. The predicted molar refractivity (Wildman–Crippen MR) is 70.3 cm³/mol. The number of rotatable bonds is 2. The number of benzene rings is 1. The van der Waals surface area contributed by atoms with E-state index in [1.807, 2.05) is 18.2 Å². The third-order valence-electron chi connectivity index (χ3n) is 3.20. The quantitative estimate of drug-likeness (QED) is 0.848. The van der Waals surface area contributed by atoms with E-state index >= 15 is 0 Å². The van der Waals surface area contributed by atoms with Crippen LogP contribution in [-0.2, 0) is 4.74 Å². The van der Waals surface area contributed by atoms with Gasteiger partial charge in [0.1, 0.15) is 5.82 Å². The monoisotopic (exact) mass is 243 g/mol. The molecule has 1 atom stereocenters. The van der Waals surface area contributed by atoms with Crippen molar-refractivity contribution in [1.29, 1.82) is 0 Å². The summed E-state index contributed by atoms with van der Waals surface area (Å²) < 4.78 is 5.47. The van der Waals surface area contributed by atoms with Crippen molar-refractivity contribution in [3.8, 4) is 11.3 Å². The van der Waals surface area contributed by atoms with E-state index in [0.29, 0.717) is 6.61 Å². The van der Waals surface area contributed by atoms with E-state index in [0.717, 1.165) is 35.9 Å². The molecule has 1 aromatic carbocycles. The Hall–Kier alpha value is -1.65. The number of nitrogens with zero attached hydrogens (tertiary/aromatic N) is 1. The van der Waals surface area contributed by atoms with Crippen LogP contribution in [0.25, 0.3) is 11.3 Å². The van der Waals surface area contributed by atoms with Crippen LogP contribution in [0.1, 0.15) is 17.6 Å². The van der Waals surface area contributed by atoms with Gasteiger partial charge in [-0.05, 0) is 6.92 Å². The van der Waals surface area contributed by atoms with Crippen LogP contribution in [0, 0.1) is 6.92 Å². The molecule has 0 saturated carbocycles. The Labute approximate surface area is 106 Å². The lowest BCUT2D eigenvalue weighted by atomic mass is 10.1. The lowest BCUT2D eigenvalue weighted by Crippen LogP contribution is -2.35. The van der Waals surface area contributed by atoms with Gasteiger partial charge in [0.05, 0.1) is 24.9 Å². The van der Waals surface area contributed by atoms with Gasteiger partial charge in [0.15, 0.2) is 0 Å². The van der Waals surface area contributed by atoms with Gasteiger partial charge in [-0.1, -0.05) is 30.3 Å². The average molecular weight is 243 g/mol. The minimum Gasteiger partial charge on any atom is -0.378 e. The minimum atomic E-state index is 0.176. The average Bonchev–Trinajstić information content (AvgIpc) is 2.83. The standard InChI is InChI=1S/C14H17N3O/c1-10-13(11-5-3-2-4-6-11)17-14(16-10)12-9-18-8-7-15-12/h2-6,12,15H,7-9H2,1H3,(H,16,17). The summed E-state index contributed by atoms with van der Waals surface area (Å²) in [5, 5.41) is 3.41. The van der Waals surface area contributed by atoms with Gasteiger partial charge in [-0.2, -0.15) is 0 Å². The van der Waals surface area contributed by atoms with Crippen LogP contribution in [0.15, 0.2) is 30.3 Å². The maximum Gasteiger partial charge on any atom is 0.126 e. The Kier molecular flexibility index (Phi) is 3.13. The molecule has 3 rings (SSSR count). The van der Waals surface area contributed by atoms with Crippen molar-refractivity contribution in [3.63, 3.8) is 0 Å². The highest BCUT2D eigenvalue weighted by atomic mass is 16.5. The van der Waals surface area contributed by atoms with Crippen molar-refractivity contribution in [2.45, 2.75) is 13.0 Å². The fourth-order valence-electron chi connectivity index (χ4n) is 2.27. The Morgan fingerprint density at radius 3 is 2.83 bits per heavy atom. The van der Waals surface area contributed by atoms with Crippen LogP contribution < -0.4 is 5.32 Å². The zero-order chi connectivity index (χ0) is 12.4. The fourth-order valence-corrected chi connectivity index (χ4v) is 2.27. The smallest absolute Gasteiger partial charge is 0.126 e. The highest BCUT2D eigenvalue weighted by Gasteiger charge is 2.20.